The molecule has 2 amide bonds. The van der Waals surface area contributed by atoms with Crippen molar-refractivity contribution in [3.63, 3.8) is 0 Å². The van der Waals surface area contributed by atoms with Crippen molar-refractivity contribution in [3.8, 4) is 11.6 Å². The van der Waals surface area contributed by atoms with Gasteiger partial charge in [0, 0.05) is 6.54 Å². The lowest BCUT2D eigenvalue weighted by Gasteiger charge is -2.18. The normalized spacial score (nSPS) is 12.1. The molecule has 0 aromatic carbocycles. The van der Waals surface area contributed by atoms with E-state index in [2.05, 4.69) is 42.5 Å². The van der Waals surface area contributed by atoms with Gasteiger partial charge in [0.2, 0.25) is 11.7 Å². The van der Waals surface area contributed by atoms with Gasteiger partial charge in [-0.2, -0.15) is 10.1 Å². The van der Waals surface area contributed by atoms with Crippen molar-refractivity contribution in [2.45, 2.75) is 19.9 Å². The first-order valence-electron chi connectivity index (χ1n) is 6.46. The van der Waals surface area contributed by atoms with Crippen molar-refractivity contribution in [3.05, 3.63) is 24.9 Å². The van der Waals surface area contributed by atoms with Crippen LogP contribution in [0.1, 0.15) is 25.8 Å². The highest BCUT2D eigenvalue weighted by molar-refractivity contribution is 5.74. The third-order valence-corrected chi connectivity index (χ3v) is 2.69. The van der Waals surface area contributed by atoms with Crippen LogP contribution in [0.25, 0.3) is 11.6 Å². The van der Waals surface area contributed by atoms with Crippen LogP contribution in [0.15, 0.2) is 23.5 Å². The maximum Gasteiger partial charge on any atom is 0.315 e. The molecule has 0 aliphatic heterocycles. The second kappa shape index (κ2) is 6.64. The number of nitrogens with one attached hydrogen (secondary N) is 3. The van der Waals surface area contributed by atoms with E-state index in [4.69, 9.17) is 4.52 Å². The molecule has 0 fully saturated rings. The number of hydrogen-bond acceptors (Lipinski definition) is 6. The minimum atomic E-state index is -0.404. The SMILES string of the molecule is C=CCNC(=O)N[C@@H](c1nc(-c2ncn[nH]2)no1)C(C)C. The molecule has 0 saturated carbocycles. The van der Waals surface area contributed by atoms with Crippen molar-refractivity contribution < 1.29 is 9.32 Å². The molecule has 0 unspecified atom stereocenters. The average molecular weight is 291 g/mol. The van der Waals surface area contributed by atoms with E-state index < -0.39 is 6.04 Å². The van der Waals surface area contributed by atoms with Gasteiger partial charge in [-0.05, 0) is 5.92 Å². The molecule has 0 saturated heterocycles. The van der Waals surface area contributed by atoms with Crippen molar-refractivity contribution >= 4 is 6.03 Å². The molecule has 112 valence electrons. The molecule has 9 heteroatoms. The Balaban J connectivity index is 2.11. The predicted octanol–water partition coefficient (Wildman–Crippen LogP) is 1.04. The first kappa shape index (κ1) is 14.7. The zero-order chi connectivity index (χ0) is 15.2. The summed E-state index contributed by atoms with van der Waals surface area (Å²) >= 11 is 0. The summed E-state index contributed by atoms with van der Waals surface area (Å²) in [6.07, 6.45) is 2.95. The van der Waals surface area contributed by atoms with E-state index in [-0.39, 0.29) is 11.9 Å². The van der Waals surface area contributed by atoms with Gasteiger partial charge in [-0.3, -0.25) is 5.10 Å². The van der Waals surface area contributed by atoms with Crippen LogP contribution in [0, 0.1) is 5.92 Å². The molecule has 2 heterocycles. The van der Waals surface area contributed by atoms with Gasteiger partial charge >= 0.3 is 6.03 Å². The molecule has 0 aliphatic carbocycles. The summed E-state index contributed by atoms with van der Waals surface area (Å²) in [5.74, 6) is 1.08. The highest BCUT2D eigenvalue weighted by atomic mass is 16.5. The molecule has 2 aromatic heterocycles. The molecule has 3 N–H and O–H groups in total. The Morgan fingerprint density at radius 2 is 2.38 bits per heavy atom. The molecule has 21 heavy (non-hydrogen) atoms. The van der Waals surface area contributed by atoms with Gasteiger partial charge in [-0.1, -0.05) is 25.1 Å². The molecule has 1 atom stereocenters. The van der Waals surface area contributed by atoms with E-state index in [0.29, 0.717) is 24.1 Å². The third kappa shape index (κ3) is 3.65. The summed E-state index contributed by atoms with van der Waals surface area (Å²) in [6.45, 7) is 7.80. The van der Waals surface area contributed by atoms with Crippen LogP contribution in [0.4, 0.5) is 4.79 Å². The minimum Gasteiger partial charge on any atom is -0.337 e. The fourth-order valence-corrected chi connectivity index (χ4v) is 1.64. The number of hydrogen-bond donors (Lipinski definition) is 3. The van der Waals surface area contributed by atoms with Crippen molar-refractivity contribution in [1.29, 1.82) is 0 Å². The van der Waals surface area contributed by atoms with Gasteiger partial charge in [0.15, 0.2) is 5.82 Å². The smallest absolute Gasteiger partial charge is 0.315 e. The van der Waals surface area contributed by atoms with Crippen LogP contribution in [0.5, 0.6) is 0 Å². The van der Waals surface area contributed by atoms with E-state index in [1.54, 1.807) is 6.08 Å². The van der Waals surface area contributed by atoms with Crippen molar-refractivity contribution in [1.82, 2.24) is 36.0 Å². The first-order valence-corrected chi connectivity index (χ1v) is 6.46. The van der Waals surface area contributed by atoms with Crippen LogP contribution in [-0.2, 0) is 0 Å². The highest BCUT2D eigenvalue weighted by Crippen LogP contribution is 2.21. The fourth-order valence-electron chi connectivity index (χ4n) is 1.64. The molecular formula is C12H17N7O2. The molecule has 0 aliphatic rings. The second-order valence-corrected chi connectivity index (χ2v) is 4.66. The Hall–Kier alpha value is -2.71. The topological polar surface area (TPSA) is 122 Å². The van der Waals surface area contributed by atoms with Crippen LogP contribution in [0.2, 0.25) is 0 Å². The van der Waals surface area contributed by atoms with Gasteiger partial charge in [0.1, 0.15) is 12.4 Å². The quantitative estimate of drug-likeness (QED) is 0.683. The molecule has 0 radical (unpaired) electrons. The van der Waals surface area contributed by atoms with Crippen LogP contribution in [-0.4, -0.2) is 37.9 Å². The maximum absolute atomic E-state index is 11.7. The van der Waals surface area contributed by atoms with Gasteiger partial charge in [-0.15, -0.1) is 6.58 Å². The number of urea groups is 1. The van der Waals surface area contributed by atoms with Crippen LogP contribution < -0.4 is 10.6 Å². The lowest BCUT2D eigenvalue weighted by atomic mass is 10.0. The first-order chi connectivity index (χ1) is 10.1. The summed E-state index contributed by atoms with van der Waals surface area (Å²) in [4.78, 5) is 19.9. The van der Waals surface area contributed by atoms with Crippen LogP contribution in [0.3, 0.4) is 0 Å². The summed E-state index contributed by atoms with van der Waals surface area (Å²) in [7, 11) is 0. The maximum atomic E-state index is 11.7. The van der Waals surface area contributed by atoms with Crippen LogP contribution >= 0.6 is 0 Å². The number of amides is 2. The molecule has 9 nitrogen and oxygen atoms in total. The second-order valence-electron chi connectivity index (χ2n) is 4.66. The number of rotatable bonds is 6. The Morgan fingerprint density at radius 1 is 1.57 bits per heavy atom. The number of aromatic nitrogens is 5. The number of aromatic amines is 1. The highest BCUT2D eigenvalue weighted by Gasteiger charge is 2.25. The van der Waals surface area contributed by atoms with E-state index in [9.17, 15) is 4.79 Å². The number of carbonyl (C=O) groups is 1. The molecule has 2 rings (SSSR count). The third-order valence-electron chi connectivity index (χ3n) is 2.69. The standard InChI is InChI=1S/C12H17N7O2/c1-4-5-13-12(20)16-8(7(2)3)11-17-10(19-21-11)9-14-6-15-18-9/h4,6-8H,1,5H2,2-3H3,(H2,13,16,20)(H,14,15,18)/t8-/m1/s1. The van der Waals surface area contributed by atoms with Crippen molar-refractivity contribution in [2.24, 2.45) is 5.92 Å². The largest absolute Gasteiger partial charge is 0.337 e. The van der Waals surface area contributed by atoms with Gasteiger partial charge in [-0.25, -0.2) is 9.78 Å². The summed E-state index contributed by atoms with van der Waals surface area (Å²) in [5.41, 5.74) is 0. The van der Waals surface area contributed by atoms with Gasteiger partial charge in [0.25, 0.3) is 0 Å². The zero-order valence-corrected chi connectivity index (χ0v) is 11.8. The molecular weight excluding hydrogens is 274 g/mol. The molecule has 2 aromatic rings. The Bertz CT molecular complexity index is 591. The van der Waals surface area contributed by atoms with E-state index in [0.717, 1.165) is 0 Å². The molecule has 0 spiro atoms. The zero-order valence-electron chi connectivity index (χ0n) is 11.8. The summed E-state index contributed by atoms with van der Waals surface area (Å²) < 4.78 is 5.21. The van der Waals surface area contributed by atoms with E-state index in [1.165, 1.54) is 6.33 Å². The Labute approximate surface area is 121 Å². The predicted molar refractivity (Wildman–Crippen MR) is 74.0 cm³/mol. The Kier molecular flexibility index (Phi) is 4.64. The molecule has 0 bridgehead atoms. The van der Waals surface area contributed by atoms with E-state index >= 15 is 0 Å². The monoisotopic (exact) mass is 291 g/mol. The van der Waals surface area contributed by atoms with Gasteiger partial charge < -0.3 is 15.2 Å². The summed E-state index contributed by atoms with van der Waals surface area (Å²) in [6, 6.07) is -0.730. The fraction of sp³-hybridized carbons (Fsp3) is 0.417. The minimum absolute atomic E-state index is 0.0718. The number of carbonyl (C=O) groups excluding carboxylic acids is 1. The number of H-pyrrole nitrogens is 1. The van der Waals surface area contributed by atoms with Crippen molar-refractivity contribution in [2.75, 3.05) is 6.54 Å². The average Bonchev–Trinajstić information content (AvgIpc) is 3.12. The lowest BCUT2D eigenvalue weighted by Crippen LogP contribution is -2.39. The van der Waals surface area contributed by atoms with Gasteiger partial charge in [0.05, 0.1) is 0 Å². The summed E-state index contributed by atoms with van der Waals surface area (Å²) in [5, 5.41) is 15.6. The lowest BCUT2D eigenvalue weighted by molar-refractivity contribution is 0.226. The Morgan fingerprint density at radius 3 is 3.00 bits per heavy atom. The van der Waals surface area contributed by atoms with E-state index in [1.807, 2.05) is 13.8 Å². The number of nitrogens with zero attached hydrogens (tertiary/aromatic N) is 4.